The van der Waals surface area contributed by atoms with Crippen LogP contribution in [0.1, 0.15) is 39.2 Å². The lowest BCUT2D eigenvalue weighted by Gasteiger charge is -2.33. The van der Waals surface area contributed by atoms with Crippen molar-refractivity contribution in [3.05, 3.63) is 35.4 Å². The minimum atomic E-state index is -0.568. The Hall–Kier alpha value is -1.69. The third-order valence-corrected chi connectivity index (χ3v) is 3.66. The molecule has 1 aromatic rings. The summed E-state index contributed by atoms with van der Waals surface area (Å²) in [5.74, 6) is -1.14. The van der Waals surface area contributed by atoms with Crippen molar-refractivity contribution < 1.29 is 18.3 Å². The van der Waals surface area contributed by atoms with Gasteiger partial charge < -0.3 is 15.0 Å². The Labute approximate surface area is 135 Å². The minimum absolute atomic E-state index is 0.222. The van der Waals surface area contributed by atoms with Gasteiger partial charge in [-0.15, -0.1) is 0 Å². The minimum Gasteiger partial charge on any atom is -0.444 e. The molecular weight excluding hydrogens is 302 g/mol. The Balaban J connectivity index is 1.77. The fraction of sp³-hybridized carbons (Fsp3) is 0.588. The maximum atomic E-state index is 13.1. The molecule has 23 heavy (non-hydrogen) atoms. The van der Waals surface area contributed by atoms with Crippen LogP contribution in [0.3, 0.4) is 0 Å². The van der Waals surface area contributed by atoms with E-state index in [2.05, 4.69) is 5.32 Å². The SMILES string of the molecule is CC(C)(C)OC(=O)N1CCC(NCc2cc(F)cc(F)c2)CC1. The second-order valence-corrected chi connectivity index (χ2v) is 6.90. The number of nitrogens with zero attached hydrogens (tertiary/aromatic N) is 1. The van der Waals surface area contributed by atoms with Crippen LogP contribution in [0.5, 0.6) is 0 Å². The van der Waals surface area contributed by atoms with Gasteiger partial charge in [0.05, 0.1) is 0 Å². The lowest BCUT2D eigenvalue weighted by Crippen LogP contribution is -2.46. The molecule has 0 radical (unpaired) electrons. The van der Waals surface area contributed by atoms with Crippen LogP contribution < -0.4 is 5.32 Å². The normalized spacial score (nSPS) is 16.5. The number of amides is 1. The molecular formula is C17H24F2N2O2. The van der Waals surface area contributed by atoms with Crippen LogP contribution in [0.4, 0.5) is 13.6 Å². The standard InChI is InChI=1S/C17H24F2N2O2/c1-17(2,3)23-16(22)21-6-4-15(5-7-21)20-11-12-8-13(18)10-14(19)9-12/h8-10,15,20H,4-7,11H2,1-3H3. The predicted octanol–water partition coefficient (Wildman–Crippen LogP) is 3.45. The van der Waals surface area contributed by atoms with Crippen molar-refractivity contribution in [2.75, 3.05) is 13.1 Å². The third-order valence-electron chi connectivity index (χ3n) is 3.66. The quantitative estimate of drug-likeness (QED) is 0.925. The number of rotatable bonds is 3. The van der Waals surface area contributed by atoms with E-state index in [0.717, 1.165) is 18.9 Å². The van der Waals surface area contributed by atoms with Gasteiger partial charge in [-0.25, -0.2) is 13.6 Å². The number of nitrogens with one attached hydrogen (secondary N) is 1. The van der Waals surface area contributed by atoms with E-state index in [-0.39, 0.29) is 12.1 Å². The molecule has 2 rings (SSSR count). The first-order chi connectivity index (χ1) is 10.7. The molecule has 0 saturated carbocycles. The molecule has 1 heterocycles. The molecule has 1 aliphatic heterocycles. The molecule has 4 nitrogen and oxygen atoms in total. The largest absolute Gasteiger partial charge is 0.444 e. The van der Waals surface area contributed by atoms with Crippen LogP contribution in [0.2, 0.25) is 0 Å². The summed E-state index contributed by atoms with van der Waals surface area (Å²) in [7, 11) is 0. The molecule has 0 spiro atoms. The second kappa shape index (κ2) is 7.25. The Morgan fingerprint density at radius 2 is 1.78 bits per heavy atom. The van der Waals surface area contributed by atoms with Gasteiger partial charge in [0.1, 0.15) is 17.2 Å². The smallest absolute Gasteiger partial charge is 0.410 e. The highest BCUT2D eigenvalue weighted by Gasteiger charge is 2.26. The van der Waals surface area contributed by atoms with E-state index in [0.29, 0.717) is 25.2 Å². The lowest BCUT2D eigenvalue weighted by molar-refractivity contribution is 0.0198. The molecule has 1 saturated heterocycles. The van der Waals surface area contributed by atoms with Crippen molar-refractivity contribution >= 4 is 6.09 Å². The average Bonchev–Trinajstić information content (AvgIpc) is 2.43. The first kappa shape index (κ1) is 17.7. The number of piperidine rings is 1. The summed E-state index contributed by atoms with van der Waals surface area (Å²) >= 11 is 0. The summed E-state index contributed by atoms with van der Waals surface area (Å²) in [5, 5.41) is 3.29. The summed E-state index contributed by atoms with van der Waals surface area (Å²) in [6.45, 7) is 7.17. The molecule has 1 fully saturated rings. The molecule has 6 heteroatoms. The zero-order valence-corrected chi connectivity index (χ0v) is 13.9. The number of carbonyl (C=O) groups excluding carboxylic acids is 1. The van der Waals surface area contributed by atoms with Gasteiger partial charge in [-0.2, -0.15) is 0 Å². The first-order valence-electron chi connectivity index (χ1n) is 7.89. The van der Waals surface area contributed by atoms with E-state index >= 15 is 0 Å². The van der Waals surface area contributed by atoms with E-state index in [4.69, 9.17) is 4.74 Å². The van der Waals surface area contributed by atoms with Gasteiger partial charge in [-0.05, 0) is 51.3 Å². The van der Waals surface area contributed by atoms with Crippen molar-refractivity contribution in [2.45, 2.75) is 51.8 Å². The summed E-state index contributed by atoms with van der Waals surface area (Å²) in [6.07, 6.45) is 1.29. The number of halogens is 2. The number of likely N-dealkylation sites (tertiary alicyclic amines) is 1. The van der Waals surface area contributed by atoms with Gasteiger partial charge in [-0.1, -0.05) is 0 Å². The predicted molar refractivity (Wildman–Crippen MR) is 84.0 cm³/mol. The Morgan fingerprint density at radius 1 is 1.22 bits per heavy atom. The lowest BCUT2D eigenvalue weighted by atomic mass is 10.0. The molecule has 0 unspecified atom stereocenters. The summed E-state index contributed by atoms with van der Waals surface area (Å²) in [6, 6.07) is 3.74. The second-order valence-electron chi connectivity index (χ2n) is 6.90. The van der Waals surface area contributed by atoms with Crippen molar-refractivity contribution in [3.63, 3.8) is 0 Å². The van der Waals surface area contributed by atoms with Crippen molar-refractivity contribution in [2.24, 2.45) is 0 Å². The van der Waals surface area contributed by atoms with Gasteiger partial charge in [0, 0.05) is 31.7 Å². The molecule has 0 aliphatic carbocycles. The molecule has 0 bridgehead atoms. The average molecular weight is 326 g/mol. The highest BCUT2D eigenvalue weighted by atomic mass is 19.1. The summed E-state index contributed by atoms with van der Waals surface area (Å²) in [5.41, 5.74) is 0.0882. The number of ether oxygens (including phenoxy) is 1. The summed E-state index contributed by atoms with van der Waals surface area (Å²) in [4.78, 5) is 13.7. The van der Waals surface area contributed by atoms with Crippen LogP contribution in [0.25, 0.3) is 0 Å². The zero-order chi connectivity index (χ0) is 17.0. The van der Waals surface area contributed by atoms with Crippen molar-refractivity contribution in [1.82, 2.24) is 10.2 Å². The van der Waals surface area contributed by atoms with Crippen LogP contribution in [-0.4, -0.2) is 35.7 Å². The van der Waals surface area contributed by atoms with E-state index < -0.39 is 17.2 Å². The maximum absolute atomic E-state index is 13.1. The van der Waals surface area contributed by atoms with E-state index in [1.54, 1.807) is 4.90 Å². The van der Waals surface area contributed by atoms with Crippen LogP contribution in [0.15, 0.2) is 18.2 Å². The number of hydrogen-bond acceptors (Lipinski definition) is 3. The topological polar surface area (TPSA) is 41.6 Å². The Kier molecular flexibility index (Phi) is 5.57. The molecule has 128 valence electrons. The number of benzene rings is 1. The van der Waals surface area contributed by atoms with Gasteiger partial charge in [-0.3, -0.25) is 0 Å². The third kappa shape index (κ3) is 5.78. The first-order valence-corrected chi connectivity index (χ1v) is 7.89. The van der Waals surface area contributed by atoms with Crippen molar-refractivity contribution in [3.8, 4) is 0 Å². The van der Waals surface area contributed by atoms with Crippen molar-refractivity contribution in [1.29, 1.82) is 0 Å². The van der Waals surface area contributed by atoms with E-state index in [1.807, 2.05) is 20.8 Å². The molecule has 0 atom stereocenters. The number of hydrogen-bond donors (Lipinski definition) is 1. The zero-order valence-electron chi connectivity index (χ0n) is 13.9. The fourth-order valence-electron chi connectivity index (χ4n) is 2.57. The van der Waals surface area contributed by atoms with Gasteiger partial charge in [0.15, 0.2) is 0 Å². The molecule has 1 N–H and O–H groups in total. The monoisotopic (exact) mass is 326 g/mol. The molecule has 1 aromatic carbocycles. The molecule has 1 amide bonds. The van der Waals surface area contributed by atoms with E-state index in [9.17, 15) is 13.6 Å². The maximum Gasteiger partial charge on any atom is 0.410 e. The van der Waals surface area contributed by atoms with E-state index in [1.165, 1.54) is 12.1 Å². The summed E-state index contributed by atoms with van der Waals surface area (Å²) < 4.78 is 31.6. The Morgan fingerprint density at radius 3 is 2.30 bits per heavy atom. The molecule has 1 aliphatic rings. The highest BCUT2D eigenvalue weighted by molar-refractivity contribution is 5.68. The van der Waals surface area contributed by atoms with Gasteiger partial charge >= 0.3 is 6.09 Å². The molecule has 0 aromatic heterocycles. The van der Waals surface area contributed by atoms with Crippen LogP contribution in [0, 0.1) is 11.6 Å². The van der Waals surface area contributed by atoms with Gasteiger partial charge in [0.2, 0.25) is 0 Å². The fourth-order valence-corrected chi connectivity index (χ4v) is 2.57. The number of carbonyl (C=O) groups is 1. The van der Waals surface area contributed by atoms with Crippen LogP contribution >= 0.6 is 0 Å². The van der Waals surface area contributed by atoms with Gasteiger partial charge in [0.25, 0.3) is 0 Å². The highest BCUT2D eigenvalue weighted by Crippen LogP contribution is 2.16. The van der Waals surface area contributed by atoms with Crippen LogP contribution in [-0.2, 0) is 11.3 Å². The Bertz CT molecular complexity index is 530.